The summed E-state index contributed by atoms with van der Waals surface area (Å²) in [5.41, 5.74) is 2.97. The summed E-state index contributed by atoms with van der Waals surface area (Å²) in [4.78, 5) is 62.2. The van der Waals surface area contributed by atoms with Crippen LogP contribution in [0.15, 0.2) is 127 Å². The van der Waals surface area contributed by atoms with Crippen molar-refractivity contribution in [3.63, 3.8) is 0 Å². The van der Waals surface area contributed by atoms with Gasteiger partial charge in [0.2, 0.25) is 23.6 Å². The molecule has 6 atom stereocenters. The van der Waals surface area contributed by atoms with E-state index in [2.05, 4.69) is 0 Å². The molecule has 5 aromatic rings. The van der Waals surface area contributed by atoms with Crippen molar-refractivity contribution in [2.75, 3.05) is 31.1 Å². The Hall–Kier alpha value is -6.65. The second kappa shape index (κ2) is 15.2. The van der Waals surface area contributed by atoms with Gasteiger partial charge < -0.3 is 19.3 Å². The maximum atomic E-state index is 15.4. The predicted octanol–water partition coefficient (Wildman–Crippen LogP) is 8.61. The van der Waals surface area contributed by atoms with Crippen molar-refractivity contribution in [1.29, 1.82) is 0 Å². The van der Waals surface area contributed by atoms with Crippen LogP contribution in [0.2, 0.25) is 5.02 Å². The second-order valence-corrected chi connectivity index (χ2v) is 16.0. The highest BCUT2D eigenvalue weighted by Crippen LogP contribution is 2.65. The van der Waals surface area contributed by atoms with Crippen molar-refractivity contribution in [3.8, 4) is 23.0 Å². The molecule has 5 aromatic carbocycles. The van der Waals surface area contributed by atoms with Crippen molar-refractivity contribution in [3.05, 3.63) is 154 Å². The summed E-state index contributed by atoms with van der Waals surface area (Å²) in [6.07, 6.45) is 6.22. The van der Waals surface area contributed by atoms with Crippen LogP contribution in [0, 0.1) is 23.7 Å². The average molecular weight is 821 g/mol. The monoisotopic (exact) mass is 820 g/mol. The summed E-state index contributed by atoms with van der Waals surface area (Å²) < 4.78 is 16.3. The van der Waals surface area contributed by atoms with E-state index >= 15 is 9.59 Å². The number of carbonyl (C=O) groups excluding carboxylic acids is 4. The molecule has 4 aliphatic rings. The standard InChI is InChI=1S/C49H41ClN2O8/c1-58-35-19-23-41(59-2)29(24-35)15-12-28-13-17-33(18-14-28)51-45(54)37-21-20-36-38(43(37)47(51)56)27-39-46(55)52(34-11-7-10-32(50)26-34)48(57)49(39,31-8-5-4-6-9-31)44(36)30-16-22-42(60-3)40(53)25-30/h4-20,22-26,37-39,43-44,53H,21,27H2,1-3H3. The number of carbonyl (C=O) groups is 4. The maximum Gasteiger partial charge on any atom is 0.246 e. The highest BCUT2D eigenvalue weighted by atomic mass is 35.5. The largest absolute Gasteiger partial charge is 0.504 e. The second-order valence-electron chi connectivity index (χ2n) is 15.6. The first-order valence-electron chi connectivity index (χ1n) is 19.7. The minimum atomic E-state index is -1.47. The van der Waals surface area contributed by atoms with E-state index in [1.807, 2.05) is 78.9 Å². The first-order chi connectivity index (χ1) is 29.1. The van der Waals surface area contributed by atoms with Crippen molar-refractivity contribution in [2.24, 2.45) is 23.7 Å². The topological polar surface area (TPSA) is 123 Å². The summed E-state index contributed by atoms with van der Waals surface area (Å²) in [7, 11) is 4.66. The molecule has 2 aliphatic carbocycles. The number of rotatable bonds is 9. The Morgan fingerprint density at radius 2 is 1.45 bits per heavy atom. The first-order valence-corrected chi connectivity index (χ1v) is 20.1. The number of imide groups is 2. The van der Waals surface area contributed by atoms with Crippen molar-refractivity contribution in [1.82, 2.24) is 0 Å². The van der Waals surface area contributed by atoms with E-state index in [1.165, 1.54) is 16.9 Å². The van der Waals surface area contributed by atoms with Gasteiger partial charge in [-0.1, -0.05) is 90.0 Å². The number of hydrogen-bond donors (Lipinski definition) is 1. The number of benzene rings is 5. The van der Waals surface area contributed by atoms with E-state index in [0.29, 0.717) is 39.0 Å². The molecule has 11 heteroatoms. The molecule has 1 saturated carbocycles. The lowest BCUT2D eigenvalue weighted by atomic mass is 9.49. The first kappa shape index (κ1) is 38.8. The quantitative estimate of drug-likeness (QED) is 0.0892. The molecular formula is C49H41ClN2O8. The zero-order valence-corrected chi connectivity index (χ0v) is 33.8. The fraction of sp³-hybridized carbons (Fsp3) is 0.224. The van der Waals surface area contributed by atoms with E-state index in [9.17, 15) is 14.7 Å². The lowest BCUT2D eigenvalue weighted by Crippen LogP contribution is -2.53. The van der Waals surface area contributed by atoms with E-state index < -0.39 is 46.8 Å². The van der Waals surface area contributed by atoms with Crippen LogP contribution in [0.3, 0.4) is 0 Å². The van der Waals surface area contributed by atoms with Gasteiger partial charge in [-0.2, -0.15) is 0 Å². The third-order valence-electron chi connectivity index (χ3n) is 12.7. The fourth-order valence-electron chi connectivity index (χ4n) is 10.1. The molecule has 3 fully saturated rings. The summed E-state index contributed by atoms with van der Waals surface area (Å²) in [5.74, 6) is -3.78. The Kier molecular flexibility index (Phi) is 9.83. The molecule has 0 aromatic heterocycles. The Morgan fingerprint density at radius 1 is 0.700 bits per heavy atom. The Bertz CT molecular complexity index is 2620. The van der Waals surface area contributed by atoms with E-state index in [0.717, 1.165) is 16.7 Å². The van der Waals surface area contributed by atoms with Crippen LogP contribution in [-0.4, -0.2) is 50.1 Å². The fourth-order valence-corrected chi connectivity index (χ4v) is 10.3. The number of fused-ring (bicyclic) bond motifs is 4. The molecule has 0 radical (unpaired) electrons. The number of allylic oxidation sites excluding steroid dienone is 2. The number of ether oxygens (including phenoxy) is 3. The zero-order valence-electron chi connectivity index (χ0n) is 33.1. The molecular weight excluding hydrogens is 780 g/mol. The number of methoxy groups -OCH3 is 3. The number of phenolic OH excluding ortho intramolecular Hbond substituents is 1. The molecule has 4 amide bonds. The van der Waals surface area contributed by atoms with Gasteiger partial charge in [-0.25, -0.2) is 4.90 Å². The van der Waals surface area contributed by atoms with Crippen molar-refractivity contribution >= 4 is 58.8 Å². The number of hydrogen-bond acceptors (Lipinski definition) is 8. The van der Waals surface area contributed by atoms with Crippen LogP contribution < -0.4 is 24.0 Å². The van der Waals surface area contributed by atoms with Gasteiger partial charge >= 0.3 is 0 Å². The summed E-state index contributed by atoms with van der Waals surface area (Å²) in [6.45, 7) is 0. The molecule has 1 N–H and O–H groups in total. The van der Waals surface area contributed by atoms with Gasteiger partial charge in [-0.05, 0) is 96.1 Å². The lowest BCUT2D eigenvalue weighted by molar-refractivity contribution is -0.127. The van der Waals surface area contributed by atoms with E-state index in [4.69, 9.17) is 25.8 Å². The SMILES string of the molecule is COc1ccc(OC)c(C=Cc2ccc(N3C(=O)C4CC=C5C(CC6C(=O)N(c7cccc(Cl)c7)C(=O)C6(c6ccccc6)C5c5ccc(OC)c(O)c5)C4C3=O)cc2)c1. The number of phenols is 1. The minimum Gasteiger partial charge on any atom is -0.504 e. The van der Waals surface area contributed by atoms with Crippen molar-refractivity contribution in [2.45, 2.75) is 24.2 Å². The van der Waals surface area contributed by atoms with Crippen LogP contribution in [0.1, 0.15) is 41.0 Å². The molecule has 10 nitrogen and oxygen atoms in total. The van der Waals surface area contributed by atoms with Gasteiger partial charge in [0, 0.05) is 16.5 Å². The minimum absolute atomic E-state index is 0.131. The normalized spacial score (nSPS) is 24.6. The van der Waals surface area contributed by atoms with Gasteiger partial charge in [0.15, 0.2) is 11.5 Å². The molecule has 6 unspecified atom stereocenters. The summed E-state index contributed by atoms with van der Waals surface area (Å²) in [6, 6.07) is 33.7. The highest BCUT2D eigenvalue weighted by molar-refractivity contribution is 6.32. The number of amides is 4. The number of nitrogens with zero attached hydrogens (tertiary/aromatic N) is 2. The van der Waals surface area contributed by atoms with Gasteiger partial charge in [0.1, 0.15) is 11.5 Å². The number of halogens is 1. The van der Waals surface area contributed by atoms with Crippen LogP contribution in [0.5, 0.6) is 23.0 Å². The van der Waals surface area contributed by atoms with Crippen LogP contribution in [0.25, 0.3) is 12.2 Å². The molecule has 0 bridgehead atoms. The molecule has 0 spiro atoms. The van der Waals surface area contributed by atoms with Gasteiger partial charge in [0.25, 0.3) is 0 Å². The lowest BCUT2D eigenvalue weighted by Gasteiger charge is -2.50. The van der Waals surface area contributed by atoms with Crippen LogP contribution >= 0.6 is 11.6 Å². The Labute approximate surface area is 352 Å². The van der Waals surface area contributed by atoms with Crippen LogP contribution in [-0.2, 0) is 24.6 Å². The van der Waals surface area contributed by atoms with Gasteiger partial charge in [0.05, 0.1) is 55.9 Å². The average Bonchev–Trinajstić information content (AvgIpc) is 3.66. The molecule has 2 heterocycles. The van der Waals surface area contributed by atoms with E-state index in [-0.39, 0.29) is 36.2 Å². The number of aromatic hydroxyl groups is 1. The zero-order chi connectivity index (χ0) is 41.9. The van der Waals surface area contributed by atoms with Crippen LogP contribution in [0.4, 0.5) is 11.4 Å². The molecule has 60 heavy (non-hydrogen) atoms. The highest BCUT2D eigenvalue weighted by Gasteiger charge is 2.70. The molecule has 2 saturated heterocycles. The summed E-state index contributed by atoms with van der Waals surface area (Å²) in [5, 5.41) is 11.6. The smallest absolute Gasteiger partial charge is 0.246 e. The molecule has 302 valence electrons. The van der Waals surface area contributed by atoms with E-state index in [1.54, 1.807) is 68.8 Å². The Balaban J connectivity index is 1.12. The third kappa shape index (κ3) is 6.00. The van der Waals surface area contributed by atoms with Crippen molar-refractivity contribution < 1.29 is 38.5 Å². The van der Waals surface area contributed by atoms with Gasteiger partial charge in [-0.3, -0.25) is 24.1 Å². The van der Waals surface area contributed by atoms with Gasteiger partial charge in [-0.15, -0.1) is 0 Å². The Morgan fingerprint density at radius 3 is 2.15 bits per heavy atom. The number of anilines is 2. The predicted molar refractivity (Wildman–Crippen MR) is 228 cm³/mol. The maximum absolute atomic E-state index is 15.4. The molecule has 9 rings (SSSR count). The molecule has 2 aliphatic heterocycles. The third-order valence-corrected chi connectivity index (χ3v) is 13.0. The summed E-state index contributed by atoms with van der Waals surface area (Å²) >= 11 is 6.43.